The number of hydrogen-bond donors (Lipinski definition) is 5. The second-order valence-electron chi connectivity index (χ2n) is 8.77. The van der Waals surface area contributed by atoms with Crippen LogP contribution in [0, 0.1) is 0 Å². The Bertz CT molecular complexity index is 1300. The number of rotatable bonds is 7. The zero-order valence-corrected chi connectivity index (χ0v) is 21.2. The van der Waals surface area contributed by atoms with Gasteiger partial charge in [-0.05, 0) is 68.1 Å². The minimum absolute atomic E-state index is 0.0888. The number of aromatic hydroxyl groups is 1. The number of nitrogens with zero attached hydrogens (tertiary/aromatic N) is 1. The monoisotopic (exact) mass is 519 g/mol. The smallest absolute Gasteiger partial charge is 0.251 e. The van der Waals surface area contributed by atoms with Crippen LogP contribution in [-0.2, 0) is 0 Å². The van der Waals surface area contributed by atoms with Gasteiger partial charge in [0.25, 0.3) is 11.8 Å². The quantitative estimate of drug-likeness (QED) is 0.236. The lowest BCUT2D eigenvalue weighted by molar-refractivity contribution is 0.0882. The number of amides is 2. The van der Waals surface area contributed by atoms with Gasteiger partial charge >= 0.3 is 0 Å². The maximum Gasteiger partial charge on any atom is 0.251 e. The van der Waals surface area contributed by atoms with Gasteiger partial charge in [0.05, 0.1) is 17.6 Å². The molecule has 0 unspecified atom stereocenters. The molecule has 0 radical (unpaired) electrons. The summed E-state index contributed by atoms with van der Waals surface area (Å²) < 4.78 is 0. The van der Waals surface area contributed by atoms with E-state index in [4.69, 9.17) is 5.73 Å². The molecular weight excluding hydrogens is 490 g/mol. The second kappa shape index (κ2) is 11.9. The van der Waals surface area contributed by atoms with Crippen LogP contribution in [0.3, 0.4) is 0 Å². The van der Waals surface area contributed by atoms with Gasteiger partial charge in [0.15, 0.2) is 5.78 Å². The van der Waals surface area contributed by atoms with Crippen molar-refractivity contribution < 1.29 is 19.5 Å². The van der Waals surface area contributed by atoms with Crippen molar-refractivity contribution in [1.82, 2.24) is 20.9 Å². The van der Waals surface area contributed by atoms with Gasteiger partial charge in [-0.2, -0.15) is 0 Å². The highest BCUT2D eigenvalue weighted by Crippen LogP contribution is 2.26. The molecule has 6 N–H and O–H groups in total. The van der Waals surface area contributed by atoms with Crippen LogP contribution in [-0.4, -0.2) is 59.1 Å². The van der Waals surface area contributed by atoms with E-state index in [-0.39, 0.29) is 46.8 Å². The summed E-state index contributed by atoms with van der Waals surface area (Å²) in [5, 5.41) is 19.5. The SMILES string of the molecule is CSc1ccc(O)c(C(=O)c2ccc(C(=O)N[C@@H]3CCCNC[C@H]3NC(=O)c3ccnc(N)c3)cc2)c1. The van der Waals surface area contributed by atoms with Gasteiger partial charge in [0, 0.05) is 34.3 Å². The second-order valence-corrected chi connectivity index (χ2v) is 9.64. The first kappa shape index (κ1) is 26.2. The lowest BCUT2D eigenvalue weighted by atomic mass is 10.00. The number of nitrogen functional groups attached to an aromatic ring is 1. The molecule has 2 amide bonds. The van der Waals surface area contributed by atoms with E-state index in [1.165, 1.54) is 30.1 Å². The predicted octanol–water partition coefficient (Wildman–Crippen LogP) is 2.60. The van der Waals surface area contributed by atoms with E-state index in [1.54, 1.807) is 42.5 Å². The van der Waals surface area contributed by atoms with Crippen LogP contribution in [0.4, 0.5) is 5.82 Å². The molecule has 4 rings (SSSR count). The molecule has 2 aromatic carbocycles. The van der Waals surface area contributed by atoms with Gasteiger partial charge in [0.2, 0.25) is 0 Å². The standard InChI is InChI=1S/C27H29N5O4S/c1-37-19-8-9-23(33)20(14-19)25(34)16-4-6-17(7-5-16)26(35)31-21-3-2-11-29-15-22(21)32-27(36)18-10-12-30-24(28)13-18/h4-10,12-14,21-22,29,33H,2-3,11,15H2,1H3,(H2,28,30)(H,31,35)(H,32,36)/t21-,22-/m1/s1. The predicted molar refractivity (Wildman–Crippen MR) is 143 cm³/mol. The number of pyridine rings is 1. The molecule has 0 spiro atoms. The molecule has 3 aromatic rings. The number of anilines is 1. The summed E-state index contributed by atoms with van der Waals surface area (Å²) >= 11 is 1.48. The van der Waals surface area contributed by atoms with Crippen LogP contribution in [0.15, 0.2) is 65.7 Å². The molecule has 1 fully saturated rings. The number of phenols is 1. The Hall–Kier alpha value is -3.89. The minimum Gasteiger partial charge on any atom is -0.507 e. The summed E-state index contributed by atoms with van der Waals surface area (Å²) in [5.74, 6) is -0.751. The van der Waals surface area contributed by atoms with Crippen molar-refractivity contribution in [2.24, 2.45) is 0 Å². The number of carbonyl (C=O) groups excluding carboxylic acids is 3. The van der Waals surface area contributed by atoms with Crippen LogP contribution < -0.4 is 21.7 Å². The number of carbonyl (C=O) groups is 3. The van der Waals surface area contributed by atoms with Crippen LogP contribution in [0.1, 0.15) is 49.5 Å². The van der Waals surface area contributed by atoms with Crippen molar-refractivity contribution in [3.05, 3.63) is 83.0 Å². The zero-order valence-electron chi connectivity index (χ0n) is 20.4. The maximum absolute atomic E-state index is 13.1. The van der Waals surface area contributed by atoms with Gasteiger partial charge in [0.1, 0.15) is 11.6 Å². The highest BCUT2D eigenvalue weighted by molar-refractivity contribution is 7.98. The first-order valence-electron chi connectivity index (χ1n) is 11.9. The summed E-state index contributed by atoms with van der Waals surface area (Å²) in [7, 11) is 0. The number of ketones is 1. The number of nitrogens with two attached hydrogens (primary N) is 1. The fraction of sp³-hybridized carbons (Fsp3) is 0.259. The third-order valence-electron chi connectivity index (χ3n) is 6.25. The fourth-order valence-corrected chi connectivity index (χ4v) is 4.66. The largest absolute Gasteiger partial charge is 0.507 e. The molecule has 1 saturated heterocycles. The average molecular weight is 520 g/mol. The van der Waals surface area contributed by atoms with Gasteiger partial charge in [-0.25, -0.2) is 4.98 Å². The summed E-state index contributed by atoms with van der Waals surface area (Å²) in [4.78, 5) is 43.5. The topological polar surface area (TPSA) is 146 Å². The fourth-order valence-electron chi connectivity index (χ4n) is 4.22. The number of thioether (sulfide) groups is 1. The van der Waals surface area contributed by atoms with Gasteiger partial charge < -0.3 is 26.8 Å². The molecule has 10 heteroatoms. The van der Waals surface area contributed by atoms with Crippen molar-refractivity contribution in [3.63, 3.8) is 0 Å². The molecule has 0 aliphatic carbocycles. The Morgan fingerprint density at radius 2 is 1.68 bits per heavy atom. The number of aromatic nitrogens is 1. The average Bonchev–Trinajstić information content (AvgIpc) is 3.13. The Kier molecular flexibility index (Phi) is 8.42. The third kappa shape index (κ3) is 6.46. The molecule has 0 bridgehead atoms. The molecule has 37 heavy (non-hydrogen) atoms. The molecule has 2 heterocycles. The van der Waals surface area contributed by atoms with Gasteiger partial charge in [-0.15, -0.1) is 11.8 Å². The summed E-state index contributed by atoms with van der Waals surface area (Å²) in [6, 6.07) is 13.7. The minimum atomic E-state index is -0.333. The Labute approximate surface area is 219 Å². The van der Waals surface area contributed by atoms with E-state index in [1.807, 2.05) is 6.26 Å². The van der Waals surface area contributed by atoms with Crippen molar-refractivity contribution in [3.8, 4) is 5.75 Å². The molecule has 1 aliphatic heterocycles. The molecule has 9 nitrogen and oxygen atoms in total. The van der Waals surface area contributed by atoms with Crippen LogP contribution in [0.5, 0.6) is 5.75 Å². The molecular formula is C27H29N5O4S. The van der Waals surface area contributed by atoms with Gasteiger partial charge in [-0.3, -0.25) is 14.4 Å². The third-order valence-corrected chi connectivity index (χ3v) is 6.98. The van der Waals surface area contributed by atoms with E-state index in [9.17, 15) is 19.5 Å². The lowest BCUT2D eigenvalue weighted by Gasteiger charge is -2.27. The van der Waals surface area contributed by atoms with E-state index in [2.05, 4.69) is 20.9 Å². The number of nitrogens with one attached hydrogen (secondary N) is 3. The van der Waals surface area contributed by atoms with Crippen molar-refractivity contribution in [1.29, 1.82) is 0 Å². The molecule has 1 aromatic heterocycles. The van der Waals surface area contributed by atoms with Crippen LogP contribution >= 0.6 is 11.8 Å². The summed E-state index contributed by atoms with van der Waals surface area (Å²) in [5.41, 5.74) is 7.07. The highest BCUT2D eigenvalue weighted by atomic mass is 32.2. The maximum atomic E-state index is 13.1. The number of hydrogen-bond acceptors (Lipinski definition) is 8. The van der Waals surface area contributed by atoms with Crippen molar-refractivity contribution >= 4 is 35.2 Å². The van der Waals surface area contributed by atoms with Crippen molar-refractivity contribution in [2.45, 2.75) is 29.8 Å². The van der Waals surface area contributed by atoms with E-state index >= 15 is 0 Å². The molecule has 1 aliphatic rings. The first-order chi connectivity index (χ1) is 17.9. The molecule has 0 saturated carbocycles. The summed E-state index contributed by atoms with van der Waals surface area (Å²) in [6.45, 7) is 1.28. The van der Waals surface area contributed by atoms with Crippen LogP contribution in [0.25, 0.3) is 0 Å². The lowest BCUT2D eigenvalue weighted by Crippen LogP contribution is -2.54. The van der Waals surface area contributed by atoms with E-state index in [0.29, 0.717) is 29.7 Å². The normalized spacial score (nSPS) is 17.4. The molecule has 2 atom stereocenters. The Morgan fingerprint density at radius 3 is 2.41 bits per heavy atom. The zero-order chi connectivity index (χ0) is 26.4. The summed E-state index contributed by atoms with van der Waals surface area (Å²) in [6.07, 6.45) is 4.89. The number of phenolic OH excluding ortho intramolecular Hbond substituents is 1. The van der Waals surface area contributed by atoms with E-state index in [0.717, 1.165) is 17.9 Å². The Morgan fingerprint density at radius 1 is 0.973 bits per heavy atom. The molecule has 192 valence electrons. The van der Waals surface area contributed by atoms with Crippen LogP contribution in [0.2, 0.25) is 0 Å². The van der Waals surface area contributed by atoms with Gasteiger partial charge in [-0.1, -0.05) is 12.1 Å². The highest BCUT2D eigenvalue weighted by Gasteiger charge is 2.27. The first-order valence-corrected chi connectivity index (χ1v) is 13.1. The Balaban J connectivity index is 1.45. The number of benzene rings is 2. The van der Waals surface area contributed by atoms with Crippen molar-refractivity contribution in [2.75, 3.05) is 25.1 Å². The van der Waals surface area contributed by atoms with E-state index < -0.39 is 0 Å².